The number of pyridine rings is 1. The number of fused-ring (bicyclic) bond motifs is 1. The van der Waals surface area contributed by atoms with Crippen LogP contribution in [-0.2, 0) is 6.54 Å². The molecule has 3 rings (SSSR count). The topological polar surface area (TPSA) is 67.2 Å². The average Bonchev–Trinajstić information content (AvgIpc) is 2.67. The zero-order chi connectivity index (χ0) is 18.4. The highest BCUT2D eigenvalue weighted by molar-refractivity contribution is 5.96. The van der Waals surface area contributed by atoms with Crippen LogP contribution in [0.2, 0.25) is 0 Å². The predicted octanol–water partition coefficient (Wildman–Crippen LogP) is 4.52. The predicted molar refractivity (Wildman–Crippen MR) is 103 cm³/mol. The third kappa shape index (κ3) is 3.70. The Morgan fingerprint density at radius 2 is 1.73 bits per heavy atom. The Hall–Kier alpha value is -3.26. The third-order valence-corrected chi connectivity index (χ3v) is 3.97. The quantitative estimate of drug-likeness (QED) is 0.681. The number of nitrogens with one attached hydrogen (secondary N) is 1. The Kier molecular flexibility index (Phi) is 5.55. The van der Waals surface area contributed by atoms with Gasteiger partial charge in [-0.25, -0.2) is 0 Å². The fourth-order valence-corrected chi connectivity index (χ4v) is 2.80. The smallest absolute Gasteiger partial charge is 0.163 e. The van der Waals surface area contributed by atoms with Gasteiger partial charge >= 0.3 is 0 Å². The van der Waals surface area contributed by atoms with Gasteiger partial charge in [-0.15, -0.1) is 0 Å². The highest BCUT2D eigenvalue weighted by Gasteiger charge is 2.14. The van der Waals surface area contributed by atoms with Crippen LogP contribution in [0, 0.1) is 11.3 Å². The Morgan fingerprint density at radius 3 is 2.38 bits per heavy atom. The molecule has 0 fully saturated rings. The number of anilines is 1. The van der Waals surface area contributed by atoms with Crippen molar-refractivity contribution in [2.24, 2.45) is 0 Å². The number of benzene rings is 2. The second-order valence-electron chi connectivity index (χ2n) is 5.68. The van der Waals surface area contributed by atoms with E-state index in [0.717, 1.165) is 22.2 Å². The van der Waals surface area contributed by atoms with Gasteiger partial charge in [-0.3, -0.25) is 4.98 Å². The van der Waals surface area contributed by atoms with Crippen molar-refractivity contribution in [1.29, 1.82) is 5.26 Å². The highest BCUT2D eigenvalue weighted by Crippen LogP contribution is 2.36. The fraction of sp³-hybridized carbons (Fsp3) is 0.238. The first-order valence-corrected chi connectivity index (χ1v) is 8.67. The minimum absolute atomic E-state index is 0.500. The summed E-state index contributed by atoms with van der Waals surface area (Å²) in [6.07, 6.45) is 1.59. The number of ether oxygens (including phenoxy) is 2. The molecule has 0 saturated heterocycles. The van der Waals surface area contributed by atoms with E-state index in [1.807, 2.05) is 56.3 Å². The summed E-state index contributed by atoms with van der Waals surface area (Å²) >= 11 is 0. The SMILES string of the molecule is CCOc1cc2ncc(C#N)c(NCc3ccccc3)c2cc1OCC. The summed E-state index contributed by atoms with van der Waals surface area (Å²) in [4.78, 5) is 4.41. The zero-order valence-electron chi connectivity index (χ0n) is 15.0. The van der Waals surface area contributed by atoms with Crippen LogP contribution in [0.4, 0.5) is 5.69 Å². The van der Waals surface area contributed by atoms with Crippen LogP contribution in [0.1, 0.15) is 25.0 Å². The van der Waals surface area contributed by atoms with Crippen molar-refractivity contribution >= 4 is 16.6 Å². The lowest BCUT2D eigenvalue weighted by Crippen LogP contribution is -2.04. The first kappa shape index (κ1) is 17.6. The molecule has 5 nitrogen and oxygen atoms in total. The van der Waals surface area contributed by atoms with Crippen LogP contribution in [-0.4, -0.2) is 18.2 Å². The summed E-state index contributed by atoms with van der Waals surface area (Å²) in [6, 6.07) is 16.0. The third-order valence-electron chi connectivity index (χ3n) is 3.97. The van der Waals surface area contributed by atoms with Crippen molar-refractivity contribution in [3.63, 3.8) is 0 Å². The fourth-order valence-electron chi connectivity index (χ4n) is 2.80. The van der Waals surface area contributed by atoms with Crippen LogP contribution in [0.15, 0.2) is 48.7 Å². The summed E-state index contributed by atoms with van der Waals surface area (Å²) in [7, 11) is 0. The molecule has 0 bridgehead atoms. The number of hydrogen-bond acceptors (Lipinski definition) is 5. The van der Waals surface area contributed by atoms with Crippen molar-refractivity contribution in [2.75, 3.05) is 18.5 Å². The molecule has 0 amide bonds. The average molecular weight is 347 g/mol. The molecule has 1 aromatic heterocycles. The van der Waals surface area contributed by atoms with Crippen molar-refractivity contribution in [3.05, 3.63) is 59.8 Å². The molecule has 0 aliphatic rings. The van der Waals surface area contributed by atoms with Crippen molar-refractivity contribution in [3.8, 4) is 17.6 Å². The second kappa shape index (κ2) is 8.21. The molecule has 0 radical (unpaired) electrons. The van der Waals surface area contributed by atoms with Gasteiger partial charge in [0.05, 0.1) is 30.0 Å². The molecule has 0 unspecified atom stereocenters. The van der Waals surface area contributed by atoms with E-state index in [0.29, 0.717) is 36.8 Å². The van der Waals surface area contributed by atoms with E-state index in [2.05, 4.69) is 16.4 Å². The molecule has 0 aliphatic carbocycles. The molecule has 1 N–H and O–H groups in total. The maximum Gasteiger partial charge on any atom is 0.163 e. The van der Waals surface area contributed by atoms with Crippen molar-refractivity contribution in [2.45, 2.75) is 20.4 Å². The van der Waals surface area contributed by atoms with Gasteiger partial charge in [0, 0.05) is 24.2 Å². The van der Waals surface area contributed by atoms with E-state index in [1.165, 1.54) is 0 Å². The molecule has 0 spiro atoms. The van der Waals surface area contributed by atoms with E-state index < -0.39 is 0 Å². The van der Waals surface area contributed by atoms with Crippen LogP contribution in [0.5, 0.6) is 11.5 Å². The summed E-state index contributed by atoms with van der Waals surface area (Å²) in [5.74, 6) is 1.31. The number of hydrogen-bond donors (Lipinski definition) is 1. The summed E-state index contributed by atoms with van der Waals surface area (Å²) in [5, 5.41) is 13.7. The summed E-state index contributed by atoms with van der Waals surface area (Å²) in [5.41, 5.74) is 3.15. The maximum absolute atomic E-state index is 9.50. The van der Waals surface area contributed by atoms with Gasteiger partial charge in [0.25, 0.3) is 0 Å². The number of nitriles is 1. The molecule has 2 aromatic carbocycles. The molecule has 3 aromatic rings. The van der Waals surface area contributed by atoms with Crippen LogP contribution in [0.3, 0.4) is 0 Å². The Bertz CT molecular complexity index is 933. The lowest BCUT2D eigenvalue weighted by Gasteiger charge is -2.15. The van der Waals surface area contributed by atoms with Crippen LogP contribution >= 0.6 is 0 Å². The monoisotopic (exact) mass is 347 g/mol. The van der Waals surface area contributed by atoms with Gasteiger partial charge in [0.1, 0.15) is 6.07 Å². The number of nitrogens with zero attached hydrogens (tertiary/aromatic N) is 2. The summed E-state index contributed by atoms with van der Waals surface area (Å²) < 4.78 is 11.4. The minimum atomic E-state index is 0.500. The molecular formula is C21H21N3O2. The Labute approximate surface area is 153 Å². The lowest BCUT2D eigenvalue weighted by molar-refractivity contribution is 0.288. The normalized spacial score (nSPS) is 10.3. The minimum Gasteiger partial charge on any atom is -0.490 e. The van der Waals surface area contributed by atoms with Gasteiger partial charge in [-0.2, -0.15) is 5.26 Å². The molecule has 5 heteroatoms. The van der Waals surface area contributed by atoms with Crippen molar-refractivity contribution in [1.82, 2.24) is 4.98 Å². The second-order valence-corrected chi connectivity index (χ2v) is 5.68. The maximum atomic E-state index is 9.50. The summed E-state index contributed by atoms with van der Waals surface area (Å²) in [6.45, 7) is 5.55. The van der Waals surface area contributed by atoms with Gasteiger partial charge < -0.3 is 14.8 Å². The molecule has 132 valence electrons. The van der Waals surface area contributed by atoms with E-state index in [4.69, 9.17) is 9.47 Å². The number of rotatable bonds is 7. The largest absolute Gasteiger partial charge is 0.490 e. The van der Waals surface area contributed by atoms with Gasteiger partial charge in [0.2, 0.25) is 0 Å². The molecule has 0 saturated carbocycles. The standard InChI is InChI=1S/C21H21N3O2/c1-3-25-19-10-17-18(11-20(19)26-4-2)23-14-16(12-22)21(17)24-13-15-8-6-5-7-9-15/h5-11,14H,3-4,13H2,1-2H3,(H,23,24). The van der Waals surface area contributed by atoms with E-state index >= 15 is 0 Å². The molecule has 0 aliphatic heterocycles. The van der Waals surface area contributed by atoms with E-state index in [-0.39, 0.29) is 0 Å². The van der Waals surface area contributed by atoms with Gasteiger partial charge in [0.15, 0.2) is 11.5 Å². The van der Waals surface area contributed by atoms with Crippen LogP contribution in [0.25, 0.3) is 10.9 Å². The van der Waals surface area contributed by atoms with E-state index in [1.54, 1.807) is 6.20 Å². The lowest BCUT2D eigenvalue weighted by atomic mass is 10.1. The Morgan fingerprint density at radius 1 is 1.04 bits per heavy atom. The first-order chi connectivity index (χ1) is 12.8. The first-order valence-electron chi connectivity index (χ1n) is 8.67. The van der Waals surface area contributed by atoms with Crippen molar-refractivity contribution < 1.29 is 9.47 Å². The highest BCUT2D eigenvalue weighted by atomic mass is 16.5. The van der Waals surface area contributed by atoms with E-state index in [9.17, 15) is 5.26 Å². The molecular weight excluding hydrogens is 326 g/mol. The molecule has 26 heavy (non-hydrogen) atoms. The molecule has 0 atom stereocenters. The van der Waals surface area contributed by atoms with Crippen LogP contribution < -0.4 is 14.8 Å². The van der Waals surface area contributed by atoms with Gasteiger partial charge in [-0.05, 0) is 25.5 Å². The zero-order valence-corrected chi connectivity index (χ0v) is 15.0. The Balaban J connectivity index is 2.06. The number of aromatic nitrogens is 1. The molecule has 1 heterocycles. The van der Waals surface area contributed by atoms with Gasteiger partial charge in [-0.1, -0.05) is 30.3 Å².